The van der Waals surface area contributed by atoms with Crippen LogP contribution >= 0.6 is 0 Å². The van der Waals surface area contributed by atoms with Gasteiger partial charge < -0.3 is 10.1 Å². The smallest absolute Gasteiger partial charge is 0.0467 e. The minimum absolute atomic E-state index is 0.284. The first-order valence-corrected chi connectivity index (χ1v) is 7.59. The lowest BCUT2D eigenvalue weighted by Gasteiger charge is -2.29. The molecular formula is C12H25NO2S. The van der Waals surface area contributed by atoms with E-state index in [1.54, 1.807) is 7.11 Å². The van der Waals surface area contributed by atoms with Gasteiger partial charge in [0.2, 0.25) is 0 Å². The molecule has 1 aliphatic rings. The summed E-state index contributed by atoms with van der Waals surface area (Å²) in [4.78, 5) is 0. The molecule has 0 radical (unpaired) electrons. The average Bonchev–Trinajstić information content (AvgIpc) is 2.26. The summed E-state index contributed by atoms with van der Waals surface area (Å²) in [5.74, 6) is 1.74. The van der Waals surface area contributed by atoms with Gasteiger partial charge in [0, 0.05) is 48.6 Å². The van der Waals surface area contributed by atoms with E-state index in [1.807, 2.05) is 0 Å². The van der Waals surface area contributed by atoms with Crippen LogP contribution in [0.3, 0.4) is 0 Å². The van der Waals surface area contributed by atoms with Crippen LogP contribution in [0.5, 0.6) is 0 Å². The van der Waals surface area contributed by atoms with E-state index in [2.05, 4.69) is 19.2 Å². The van der Waals surface area contributed by atoms with Crippen molar-refractivity contribution in [3.05, 3.63) is 0 Å². The topological polar surface area (TPSA) is 38.3 Å². The van der Waals surface area contributed by atoms with Gasteiger partial charge in [-0.2, -0.15) is 0 Å². The Balaban J connectivity index is 2.20. The third kappa shape index (κ3) is 5.41. The highest BCUT2D eigenvalue weighted by atomic mass is 32.2. The molecule has 1 heterocycles. The van der Waals surface area contributed by atoms with Crippen LogP contribution in [0.25, 0.3) is 0 Å². The number of rotatable bonds is 6. The molecule has 0 bridgehead atoms. The molecule has 3 nitrogen and oxygen atoms in total. The van der Waals surface area contributed by atoms with E-state index < -0.39 is 10.8 Å². The molecule has 16 heavy (non-hydrogen) atoms. The van der Waals surface area contributed by atoms with Crippen LogP contribution in [0.1, 0.15) is 33.1 Å². The second-order valence-corrected chi connectivity index (χ2v) is 7.11. The highest BCUT2D eigenvalue weighted by Crippen LogP contribution is 2.20. The molecule has 1 fully saturated rings. The van der Waals surface area contributed by atoms with Gasteiger partial charge in [0.25, 0.3) is 0 Å². The van der Waals surface area contributed by atoms with Crippen molar-refractivity contribution in [2.45, 2.75) is 39.2 Å². The number of hydrogen-bond acceptors (Lipinski definition) is 3. The predicted octanol–water partition coefficient (Wildman–Crippen LogP) is 1.55. The monoisotopic (exact) mass is 247 g/mol. The van der Waals surface area contributed by atoms with Crippen LogP contribution in [-0.2, 0) is 15.5 Å². The fourth-order valence-electron chi connectivity index (χ4n) is 1.89. The largest absolute Gasteiger partial charge is 0.385 e. The summed E-state index contributed by atoms with van der Waals surface area (Å²) in [5.41, 5.74) is 0.284. The Morgan fingerprint density at radius 3 is 2.56 bits per heavy atom. The second kappa shape index (κ2) is 6.72. The molecular weight excluding hydrogens is 222 g/mol. The Morgan fingerprint density at radius 1 is 1.38 bits per heavy atom. The Kier molecular flexibility index (Phi) is 5.94. The quantitative estimate of drug-likeness (QED) is 0.774. The minimum Gasteiger partial charge on any atom is -0.385 e. The van der Waals surface area contributed by atoms with E-state index in [4.69, 9.17) is 4.74 Å². The lowest BCUT2D eigenvalue weighted by molar-refractivity contribution is 0.148. The van der Waals surface area contributed by atoms with E-state index in [9.17, 15) is 4.21 Å². The van der Waals surface area contributed by atoms with E-state index in [1.165, 1.54) is 0 Å². The fraction of sp³-hybridized carbons (Fsp3) is 1.00. The molecule has 0 aromatic carbocycles. The molecule has 96 valence electrons. The standard InChI is InChI=1S/C12H25NO2S/c1-12(2,6-7-15-3)10-13-11-4-8-16(14)9-5-11/h11,13H,4-10H2,1-3H3. The van der Waals surface area contributed by atoms with Crippen LogP contribution in [-0.4, -0.2) is 42.0 Å². The van der Waals surface area contributed by atoms with Crippen molar-refractivity contribution in [3.63, 3.8) is 0 Å². The molecule has 0 aromatic heterocycles. The van der Waals surface area contributed by atoms with Gasteiger partial charge in [0.15, 0.2) is 0 Å². The first-order chi connectivity index (χ1) is 7.53. The maximum atomic E-state index is 11.2. The summed E-state index contributed by atoms with van der Waals surface area (Å²) in [6.45, 7) is 6.37. The molecule has 0 amide bonds. The second-order valence-electron chi connectivity index (χ2n) is 5.41. The molecule has 0 atom stereocenters. The summed E-state index contributed by atoms with van der Waals surface area (Å²) in [5, 5.41) is 3.60. The molecule has 1 aliphatic heterocycles. The maximum absolute atomic E-state index is 11.2. The zero-order chi connectivity index (χ0) is 12.0. The van der Waals surface area contributed by atoms with Gasteiger partial charge in [-0.15, -0.1) is 0 Å². The van der Waals surface area contributed by atoms with Crippen LogP contribution in [0, 0.1) is 5.41 Å². The first-order valence-electron chi connectivity index (χ1n) is 6.11. The zero-order valence-corrected chi connectivity index (χ0v) is 11.6. The lowest BCUT2D eigenvalue weighted by Crippen LogP contribution is -2.41. The molecule has 1 saturated heterocycles. The van der Waals surface area contributed by atoms with Crippen molar-refractivity contribution in [2.75, 3.05) is 31.8 Å². The van der Waals surface area contributed by atoms with Gasteiger partial charge in [0.1, 0.15) is 0 Å². The van der Waals surface area contributed by atoms with Crippen LogP contribution in [0.2, 0.25) is 0 Å². The Labute approximate surface area is 102 Å². The van der Waals surface area contributed by atoms with Crippen LogP contribution in [0.15, 0.2) is 0 Å². The predicted molar refractivity (Wildman–Crippen MR) is 69.2 cm³/mol. The SMILES string of the molecule is COCCC(C)(C)CNC1CCS(=O)CC1. The van der Waals surface area contributed by atoms with E-state index in [0.29, 0.717) is 6.04 Å². The molecule has 0 saturated carbocycles. The Hall–Kier alpha value is 0.0700. The summed E-state index contributed by atoms with van der Waals surface area (Å²) in [6, 6.07) is 0.569. The fourth-order valence-corrected chi connectivity index (χ4v) is 3.18. The number of methoxy groups -OCH3 is 1. The first kappa shape index (κ1) is 14.1. The Morgan fingerprint density at radius 2 is 2.00 bits per heavy atom. The average molecular weight is 247 g/mol. The summed E-state index contributed by atoms with van der Waals surface area (Å²) in [6.07, 6.45) is 3.20. The summed E-state index contributed by atoms with van der Waals surface area (Å²) < 4.78 is 16.3. The molecule has 0 aliphatic carbocycles. The van der Waals surface area contributed by atoms with E-state index >= 15 is 0 Å². The van der Waals surface area contributed by atoms with Crippen molar-refractivity contribution < 1.29 is 8.95 Å². The molecule has 0 aromatic rings. The summed E-state index contributed by atoms with van der Waals surface area (Å²) in [7, 11) is 1.20. The van der Waals surface area contributed by atoms with E-state index in [-0.39, 0.29) is 5.41 Å². The highest BCUT2D eigenvalue weighted by molar-refractivity contribution is 7.85. The lowest BCUT2D eigenvalue weighted by atomic mass is 9.89. The number of hydrogen-bond donors (Lipinski definition) is 1. The number of nitrogens with one attached hydrogen (secondary N) is 1. The van der Waals surface area contributed by atoms with Crippen LogP contribution in [0.4, 0.5) is 0 Å². The van der Waals surface area contributed by atoms with Gasteiger partial charge in [-0.25, -0.2) is 0 Å². The van der Waals surface area contributed by atoms with E-state index in [0.717, 1.165) is 43.9 Å². The van der Waals surface area contributed by atoms with Crippen molar-refractivity contribution >= 4 is 10.8 Å². The van der Waals surface area contributed by atoms with Gasteiger partial charge in [-0.3, -0.25) is 4.21 Å². The van der Waals surface area contributed by atoms with Crippen LogP contribution < -0.4 is 5.32 Å². The number of ether oxygens (including phenoxy) is 1. The molecule has 1 rings (SSSR count). The Bertz CT molecular complexity index is 221. The van der Waals surface area contributed by atoms with Crippen molar-refractivity contribution in [1.29, 1.82) is 0 Å². The molecule has 0 unspecified atom stereocenters. The third-order valence-corrected chi connectivity index (χ3v) is 4.62. The maximum Gasteiger partial charge on any atom is 0.0467 e. The van der Waals surface area contributed by atoms with Crippen molar-refractivity contribution in [2.24, 2.45) is 5.41 Å². The van der Waals surface area contributed by atoms with Crippen molar-refractivity contribution in [1.82, 2.24) is 5.32 Å². The minimum atomic E-state index is -0.550. The van der Waals surface area contributed by atoms with Gasteiger partial charge >= 0.3 is 0 Å². The van der Waals surface area contributed by atoms with Crippen molar-refractivity contribution in [3.8, 4) is 0 Å². The molecule has 1 N–H and O–H groups in total. The third-order valence-electron chi connectivity index (χ3n) is 3.24. The molecule has 4 heteroatoms. The van der Waals surface area contributed by atoms with Gasteiger partial charge in [-0.05, 0) is 24.7 Å². The normalized spacial score (nSPS) is 26.9. The zero-order valence-electron chi connectivity index (χ0n) is 10.8. The summed E-state index contributed by atoms with van der Waals surface area (Å²) >= 11 is 0. The highest BCUT2D eigenvalue weighted by Gasteiger charge is 2.22. The molecule has 0 spiro atoms. The van der Waals surface area contributed by atoms with Gasteiger partial charge in [0.05, 0.1) is 0 Å². The van der Waals surface area contributed by atoms with Gasteiger partial charge in [-0.1, -0.05) is 13.8 Å².